The van der Waals surface area contributed by atoms with Gasteiger partial charge in [-0.05, 0) is 5.56 Å². The molecule has 1 unspecified atom stereocenters. The topological polar surface area (TPSA) is 0 Å². The van der Waals surface area contributed by atoms with Gasteiger partial charge in [0.25, 0.3) is 5.15 Å². The molecule has 1 aromatic carbocycles. The van der Waals surface area contributed by atoms with Crippen LogP contribution in [0.15, 0.2) is 30.3 Å². The summed E-state index contributed by atoms with van der Waals surface area (Å²) in [5.74, 6) is 0. The molecule has 0 heterocycles. The van der Waals surface area contributed by atoms with Crippen molar-refractivity contribution in [1.29, 1.82) is 0 Å². The summed E-state index contributed by atoms with van der Waals surface area (Å²) in [6, 6.07) is 7.74. The summed E-state index contributed by atoms with van der Waals surface area (Å²) in [6.45, 7) is 0. The highest BCUT2D eigenvalue weighted by molar-refractivity contribution is 5.14. The summed E-state index contributed by atoms with van der Waals surface area (Å²) >= 11 is 0. The summed E-state index contributed by atoms with van der Waals surface area (Å²) in [4.78, 5) is 0. The van der Waals surface area contributed by atoms with E-state index in [1.165, 1.54) is 12.1 Å². The van der Waals surface area contributed by atoms with Gasteiger partial charge in [-0.2, -0.15) is 4.39 Å². The minimum atomic E-state index is -4.14. The van der Waals surface area contributed by atoms with Crippen LogP contribution in [0.25, 0.3) is 0 Å². The zero-order valence-corrected chi connectivity index (χ0v) is 6.63. The van der Waals surface area contributed by atoms with Gasteiger partial charge in [-0.15, -0.1) is 0 Å². The Kier molecular flexibility index (Phi) is 2.87. The van der Waals surface area contributed by atoms with Gasteiger partial charge in [-0.3, -0.25) is 0 Å². The Balaban J connectivity index is 2.61. The lowest BCUT2D eigenvalue weighted by Gasteiger charge is -2.06. The normalized spacial score (nSPS) is 14.2. The predicted molar refractivity (Wildman–Crippen MR) is 38.6 cm³/mol. The largest absolute Gasteiger partial charge is 0.349 e. The van der Waals surface area contributed by atoms with Crippen molar-refractivity contribution in [3.05, 3.63) is 35.9 Å². The Bertz CT molecular complexity index is 257. The van der Waals surface area contributed by atoms with Gasteiger partial charge >= 0.3 is 6.30 Å². The van der Waals surface area contributed by atoms with Crippen LogP contribution in [0.4, 0.5) is 17.8 Å². The number of hydrogen-bond acceptors (Lipinski definition) is 0. The second kappa shape index (κ2) is 3.74. The van der Waals surface area contributed by atoms with Gasteiger partial charge < -0.3 is 0 Å². The smallest absolute Gasteiger partial charge is 0.173 e. The first-order chi connectivity index (χ1) is 6.00. The molecule has 0 aliphatic rings. The van der Waals surface area contributed by atoms with Crippen LogP contribution in [-0.4, -0.2) is 11.4 Å². The van der Waals surface area contributed by atoms with Crippen molar-refractivity contribution < 1.29 is 23.0 Å². The lowest BCUT2D eigenvalue weighted by molar-refractivity contribution is -1.29. The average molecular weight is 194 g/mol. The van der Waals surface area contributed by atoms with Crippen molar-refractivity contribution in [2.75, 3.05) is 0 Å². The minimum Gasteiger partial charge on any atom is -0.173 e. The molecule has 0 radical (unpaired) electrons. The summed E-state index contributed by atoms with van der Waals surface area (Å²) < 4.78 is 47.5. The molecule has 13 heavy (non-hydrogen) atoms. The SMILES string of the molecule is FC(Cc1ccccc1)[N+](F)(F)F. The average Bonchev–Trinajstić information content (AvgIpc) is 2.04. The standard InChI is InChI=1S/C8H8F4N/c9-8(13(10,11)12)6-7-4-2-1-3-5-7/h1-5,8H,6H2/q+1. The fourth-order valence-electron chi connectivity index (χ4n) is 0.912. The first kappa shape index (κ1) is 9.98. The maximum Gasteiger partial charge on any atom is 0.349 e. The summed E-state index contributed by atoms with van der Waals surface area (Å²) in [5, 5.41) is -4.14. The van der Waals surface area contributed by atoms with E-state index in [4.69, 9.17) is 0 Å². The van der Waals surface area contributed by atoms with Crippen LogP contribution in [0.5, 0.6) is 0 Å². The second-order valence-electron chi connectivity index (χ2n) is 2.61. The monoisotopic (exact) mass is 194 g/mol. The summed E-state index contributed by atoms with van der Waals surface area (Å²) in [6.07, 6.45) is -3.47. The molecular formula is C8H8F4N+. The third-order valence-corrected chi connectivity index (χ3v) is 1.56. The van der Waals surface area contributed by atoms with Crippen LogP contribution in [-0.2, 0) is 6.42 Å². The second-order valence-corrected chi connectivity index (χ2v) is 2.61. The van der Waals surface area contributed by atoms with Crippen molar-refractivity contribution in [2.24, 2.45) is 0 Å². The first-order valence-electron chi connectivity index (χ1n) is 3.66. The summed E-state index contributed by atoms with van der Waals surface area (Å²) in [5.41, 5.74) is 0.338. The number of halogens is 4. The third kappa shape index (κ3) is 3.02. The van der Waals surface area contributed by atoms with Gasteiger partial charge in [-0.1, -0.05) is 30.3 Å². The highest BCUT2D eigenvalue weighted by Crippen LogP contribution is 2.21. The number of quaternary nitrogens is 1. The Hall–Kier alpha value is -1.10. The van der Waals surface area contributed by atoms with Crippen LogP contribution < -0.4 is 0 Å². The van der Waals surface area contributed by atoms with Crippen LogP contribution in [0, 0.1) is 0 Å². The van der Waals surface area contributed by atoms with E-state index >= 15 is 0 Å². The van der Waals surface area contributed by atoms with E-state index in [1.807, 2.05) is 0 Å². The fraction of sp³-hybridized carbons (Fsp3) is 0.250. The predicted octanol–water partition coefficient (Wildman–Crippen LogP) is 3.00. The molecule has 1 nitrogen and oxygen atoms in total. The minimum absolute atomic E-state index is 0.338. The van der Waals surface area contributed by atoms with Gasteiger partial charge in [0.1, 0.15) is 0 Å². The lowest BCUT2D eigenvalue weighted by Crippen LogP contribution is -2.31. The quantitative estimate of drug-likeness (QED) is 0.394. The molecule has 0 aliphatic carbocycles. The van der Waals surface area contributed by atoms with Crippen molar-refractivity contribution in [2.45, 2.75) is 12.7 Å². The Labute approximate surface area is 72.6 Å². The molecule has 0 bridgehead atoms. The number of benzene rings is 1. The molecule has 0 N–H and O–H groups in total. The highest BCUT2D eigenvalue weighted by atomic mass is 19.6. The van der Waals surface area contributed by atoms with Gasteiger partial charge in [0.15, 0.2) is 0 Å². The van der Waals surface area contributed by atoms with E-state index in [1.54, 1.807) is 18.2 Å². The van der Waals surface area contributed by atoms with Crippen LogP contribution in [0.1, 0.15) is 5.56 Å². The molecule has 1 atom stereocenters. The summed E-state index contributed by atoms with van der Waals surface area (Å²) in [7, 11) is 0. The molecule has 0 aliphatic heterocycles. The molecule has 0 aromatic heterocycles. The first-order valence-corrected chi connectivity index (χ1v) is 3.66. The van der Waals surface area contributed by atoms with Crippen LogP contribution >= 0.6 is 0 Å². The Morgan fingerprint density at radius 3 is 2.08 bits per heavy atom. The molecule has 0 saturated heterocycles. The van der Waals surface area contributed by atoms with Gasteiger partial charge in [0.2, 0.25) is 0 Å². The van der Waals surface area contributed by atoms with E-state index in [2.05, 4.69) is 0 Å². The molecule has 1 rings (SSSR count). The van der Waals surface area contributed by atoms with E-state index in [0.29, 0.717) is 5.56 Å². The maximum absolute atomic E-state index is 12.4. The van der Waals surface area contributed by atoms with Gasteiger partial charge in [-0.25, -0.2) is 0 Å². The zero-order valence-electron chi connectivity index (χ0n) is 6.63. The van der Waals surface area contributed by atoms with E-state index in [9.17, 15) is 17.8 Å². The van der Waals surface area contributed by atoms with Crippen molar-refractivity contribution >= 4 is 0 Å². The zero-order chi connectivity index (χ0) is 9.90. The Morgan fingerprint density at radius 1 is 1.08 bits per heavy atom. The van der Waals surface area contributed by atoms with E-state index in [-0.39, 0.29) is 0 Å². The molecule has 5 heteroatoms. The molecule has 0 amide bonds. The highest BCUT2D eigenvalue weighted by Gasteiger charge is 2.44. The van der Waals surface area contributed by atoms with Crippen molar-refractivity contribution in [3.8, 4) is 0 Å². The maximum atomic E-state index is 12.4. The fourth-order valence-corrected chi connectivity index (χ4v) is 0.912. The van der Waals surface area contributed by atoms with E-state index < -0.39 is 17.9 Å². The number of hydrogen-bond donors (Lipinski definition) is 0. The molecule has 0 fully saturated rings. The third-order valence-electron chi connectivity index (χ3n) is 1.56. The van der Waals surface area contributed by atoms with Crippen LogP contribution in [0.2, 0.25) is 0 Å². The molecule has 0 spiro atoms. The van der Waals surface area contributed by atoms with Crippen molar-refractivity contribution in [3.63, 3.8) is 0 Å². The van der Waals surface area contributed by atoms with Gasteiger partial charge in [0, 0.05) is 0 Å². The van der Waals surface area contributed by atoms with Crippen molar-refractivity contribution in [1.82, 2.24) is 0 Å². The number of nitrogens with zero attached hydrogens (tertiary/aromatic N) is 1. The van der Waals surface area contributed by atoms with E-state index in [0.717, 1.165) is 0 Å². The number of rotatable bonds is 3. The Morgan fingerprint density at radius 2 is 1.62 bits per heavy atom. The van der Waals surface area contributed by atoms with Crippen LogP contribution in [0.3, 0.4) is 0 Å². The molecule has 0 saturated carbocycles. The van der Waals surface area contributed by atoms with Gasteiger partial charge in [0.05, 0.1) is 19.9 Å². The number of alkyl halides is 1. The molecular weight excluding hydrogens is 186 g/mol. The molecule has 72 valence electrons. The molecule has 1 aromatic rings. The lowest BCUT2D eigenvalue weighted by atomic mass is 10.1.